The molecule has 2 heterocycles. The molecule has 3 rings (SSSR count). The third-order valence-electron chi connectivity index (χ3n) is 5.44. The van der Waals surface area contributed by atoms with Gasteiger partial charge < -0.3 is 14.6 Å². The number of hydrogen-bond acceptors (Lipinski definition) is 4. The number of benzene rings is 1. The van der Waals surface area contributed by atoms with Gasteiger partial charge in [0.05, 0.1) is 13.2 Å². The van der Waals surface area contributed by atoms with Crippen molar-refractivity contribution < 1.29 is 27.9 Å². The Kier molecular flexibility index (Phi) is 5.76. The standard InChI is InChI=1S/C21H23F2N3O4/c1-12-9-15(13(2)25(12)7-8-30-4)18(27)11-26-19(28)21(3,24-20(26)29)16-10-14(22)5-6-17(16)23/h5-6,9-10H,7-8,11H2,1-4H3,(H,24,29)/t21-/m1/s1. The van der Waals surface area contributed by atoms with Gasteiger partial charge >= 0.3 is 6.03 Å². The van der Waals surface area contributed by atoms with Crippen molar-refractivity contribution in [1.82, 2.24) is 14.8 Å². The molecule has 30 heavy (non-hydrogen) atoms. The molecule has 1 N–H and O–H groups in total. The quantitative estimate of drug-likeness (QED) is 0.553. The Morgan fingerprint density at radius 1 is 1.20 bits per heavy atom. The maximum atomic E-state index is 14.3. The van der Waals surface area contributed by atoms with Gasteiger partial charge in [0, 0.05) is 36.2 Å². The zero-order valence-electron chi connectivity index (χ0n) is 17.2. The van der Waals surface area contributed by atoms with Gasteiger partial charge in [-0.05, 0) is 45.0 Å². The van der Waals surface area contributed by atoms with Crippen LogP contribution in [0, 0.1) is 25.5 Å². The number of aromatic nitrogens is 1. The number of ketones is 1. The van der Waals surface area contributed by atoms with Crippen molar-refractivity contribution in [2.24, 2.45) is 0 Å². The van der Waals surface area contributed by atoms with Crippen LogP contribution in [0.25, 0.3) is 0 Å². The van der Waals surface area contributed by atoms with E-state index in [-0.39, 0.29) is 5.56 Å². The molecule has 9 heteroatoms. The lowest BCUT2D eigenvalue weighted by molar-refractivity contribution is -0.130. The van der Waals surface area contributed by atoms with Crippen molar-refractivity contribution in [1.29, 1.82) is 0 Å². The Labute approximate surface area is 172 Å². The lowest BCUT2D eigenvalue weighted by Gasteiger charge is -2.22. The highest BCUT2D eigenvalue weighted by Crippen LogP contribution is 2.31. The fourth-order valence-corrected chi connectivity index (χ4v) is 3.74. The number of carbonyl (C=O) groups excluding carboxylic acids is 3. The zero-order chi connectivity index (χ0) is 22.2. The molecule has 0 radical (unpaired) electrons. The minimum absolute atomic E-state index is 0.298. The van der Waals surface area contributed by atoms with Crippen molar-refractivity contribution in [2.75, 3.05) is 20.3 Å². The molecule has 1 aliphatic rings. The van der Waals surface area contributed by atoms with Crippen LogP contribution in [-0.4, -0.2) is 47.4 Å². The molecule has 7 nitrogen and oxygen atoms in total. The Balaban J connectivity index is 1.86. The fraction of sp³-hybridized carbons (Fsp3) is 0.381. The van der Waals surface area contributed by atoms with E-state index in [1.807, 2.05) is 11.5 Å². The zero-order valence-corrected chi connectivity index (χ0v) is 17.2. The second-order valence-corrected chi connectivity index (χ2v) is 7.42. The minimum atomic E-state index is -1.81. The number of imide groups is 1. The maximum absolute atomic E-state index is 14.3. The number of ether oxygens (including phenoxy) is 1. The van der Waals surface area contributed by atoms with Crippen LogP contribution < -0.4 is 5.32 Å². The summed E-state index contributed by atoms with van der Waals surface area (Å²) in [6.07, 6.45) is 0. The van der Waals surface area contributed by atoms with Crippen LogP contribution >= 0.6 is 0 Å². The second-order valence-electron chi connectivity index (χ2n) is 7.42. The van der Waals surface area contributed by atoms with Crippen LogP contribution in [0.3, 0.4) is 0 Å². The summed E-state index contributed by atoms with van der Waals surface area (Å²) in [7, 11) is 1.58. The third-order valence-corrected chi connectivity index (χ3v) is 5.44. The van der Waals surface area contributed by atoms with Crippen LogP contribution in [0.15, 0.2) is 24.3 Å². The number of hydrogen-bond donors (Lipinski definition) is 1. The highest BCUT2D eigenvalue weighted by atomic mass is 19.1. The second kappa shape index (κ2) is 7.98. The number of nitrogens with one attached hydrogen (secondary N) is 1. The first-order valence-corrected chi connectivity index (χ1v) is 9.38. The molecule has 0 saturated carbocycles. The third kappa shape index (κ3) is 3.60. The molecule has 3 amide bonds. The molecule has 1 aromatic heterocycles. The van der Waals surface area contributed by atoms with E-state index in [4.69, 9.17) is 4.74 Å². The van der Waals surface area contributed by atoms with Gasteiger partial charge in [-0.3, -0.25) is 14.5 Å². The van der Waals surface area contributed by atoms with Crippen LogP contribution in [0.2, 0.25) is 0 Å². The van der Waals surface area contributed by atoms with E-state index in [0.717, 1.165) is 28.8 Å². The summed E-state index contributed by atoms with van der Waals surface area (Å²) in [5.41, 5.74) is -0.181. The molecule has 160 valence electrons. The van der Waals surface area contributed by atoms with E-state index < -0.39 is 41.4 Å². The van der Waals surface area contributed by atoms with Gasteiger partial charge in [-0.1, -0.05) is 0 Å². The van der Waals surface area contributed by atoms with Gasteiger partial charge in [0.2, 0.25) is 0 Å². The highest BCUT2D eigenvalue weighted by molar-refractivity contribution is 6.11. The topological polar surface area (TPSA) is 80.6 Å². The Morgan fingerprint density at radius 3 is 2.57 bits per heavy atom. The van der Waals surface area contributed by atoms with Gasteiger partial charge in [-0.2, -0.15) is 0 Å². The number of rotatable bonds is 7. The highest BCUT2D eigenvalue weighted by Gasteiger charge is 2.51. The molecule has 1 atom stereocenters. The summed E-state index contributed by atoms with van der Waals surface area (Å²) in [6.45, 7) is 5.42. The monoisotopic (exact) mass is 419 g/mol. The number of aryl methyl sites for hydroxylation is 1. The van der Waals surface area contributed by atoms with Crippen molar-refractivity contribution in [3.8, 4) is 0 Å². The first-order chi connectivity index (χ1) is 14.1. The Morgan fingerprint density at radius 2 is 1.90 bits per heavy atom. The van der Waals surface area contributed by atoms with E-state index in [2.05, 4.69) is 5.32 Å². The average molecular weight is 419 g/mol. The van der Waals surface area contributed by atoms with Gasteiger partial charge in [-0.25, -0.2) is 13.6 Å². The molecule has 0 unspecified atom stereocenters. The Bertz CT molecular complexity index is 1030. The molecule has 1 aliphatic heterocycles. The number of Topliss-reactive ketones (excluding diaryl/α,β-unsaturated/α-hetero) is 1. The van der Waals surface area contributed by atoms with Crippen LogP contribution in [-0.2, 0) is 21.6 Å². The van der Waals surface area contributed by atoms with Gasteiger partial charge in [0.25, 0.3) is 5.91 Å². The SMILES string of the molecule is COCCn1c(C)cc(C(=O)CN2C(=O)N[C@](C)(c3cc(F)ccc3F)C2=O)c1C. The lowest BCUT2D eigenvalue weighted by atomic mass is 9.91. The number of amides is 3. The lowest BCUT2D eigenvalue weighted by Crippen LogP contribution is -2.42. The smallest absolute Gasteiger partial charge is 0.325 e. The summed E-state index contributed by atoms with van der Waals surface area (Å²) < 4.78 is 34.9. The molecular formula is C21H23F2N3O4. The van der Waals surface area contributed by atoms with E-state index >= 15 is 0 Å². The van der Waals surface area contributed by atoms with E-state index in [1.165, 1.54) is 6.92 Å². The molecule has 0 aliphatic carbocycles. The van der Waals surface area contributed by atoms with Crippen LogP contribution in [0.1, 0.15) is 34.2 Å². The summed E-state index contributed by atoms with van der Waals surface area (Å²) in [4.78, 5) is 39.0. The van der Waals surface area contributed by atoms with Gasteiger partial charge in [-0.15, -0.1) is 0 Å². The summed E-state index contributed by atoms with van der Waals surface area (Å²) >= 11 is 0. The number of urea groups is 1. The van der Waals surface area contributed by atoms with Gasteiger partial charge in [0.1, 0.15) is 17.2 Å². The minimum Gasteiger partial charge on any atom is -0.383 e. The average Bonchev–Trinajstić information content (AvgIpc) is 3.09. The fourth-order valence-electron chi connectivity index (χ4n) is 3.74. The van der Waals surface area contributed by atoms with Crippen molar-refractivity contribution >= 4 is 17.7 Å². The van der Waals surface area contributed by atoms with Crippen LogP contribution in [0.4, 0.5) is 13.6 Å². The predicted octanol–water partition coefficient (Wildman–Crippen LogP) is 2.68. The van der Waals surface area contributed by atoms with E-state index in [0.29, 0.717) is 24.4 Å². The summed E-state index contributed by atoms with van der Waals surface area (Å²) in [6, 6.07) is 3.52. The van der Waals surface area contributed by atoms with E-state index in [1.54, 1.807) is 20.1 Å². The number of nitrogens with zero attached hydrogens (tertiary/aromatic N) is 2. The largest absolute Gasteiger partial charge is 0.383 e. The molecule has 0 spiro atoms. The molecule has 1 aromatic carbocycles. The molecule has 1 saturated heterocycles. The maximum Gasteiger partial charge on any atom is 0.325 e. The molecule has 1 fully saturated rings. The van der Waals surface area contributed by atoms with E-state index in [9.17, 15) is 23.2 Å². The number of methoxy groups -OCH3 is 1. The predicted molar refractivity (Wildman–Crippen MR) is 104 cm³/mol. The number of carbonyl (C=O) groups is 3. The Hall–Kier alpha value is -3.07. The molecular weight excluding hydrogens is 396 g/mol. The van der Waals surface area contributed by atoms with Crippen molar-refractivity contribution in [2.45, 2.75) is 32.9 Å². The van der Waals surface area contributed by atoms with Crippen molar-refractivity contribution in [3.63, 3.8) is 0 Å². The first-order valence-electron chi connectivity index (χ1n) is 9.38. The normalized spacial score (nSPS) is 18.8. The molecule has 0 bridgehead atoms. The summed E-state index contributed by atoms with van der Waals surface area (Å²) in [5.74, 6) is -2.83. The van der Waals surface area contributed by atoms with Crippen molar-refractivity contribution in [3.05, 3.63) is 58.4 Å². The first kappa shape index (κ1) is 21.6. The molecule has 2 aromatic rings. The summed E-state index contributed by atoms with van der Waals surface area (Å²) in [5, 5.41) is 2.39. The van der Waals surface area contributed by atoms with Crippen LogP contribution in [0.5, 0.6) is 0 Å². The van der Waals surface area contributed by atoms with Gasteiger partial charge in [0.15, 0.2) is 5.78 Å². The number of halogens is 2.